The zero-order valence-electron chi connectivity index (χ0n) is 15.1. The van der Waals surface area contributed by atoms with Gasteiger partial charge in [0.15, 0.2) is 0 Å². The molecule has 1 aliphatic heterocycles. The second-order valence-corrected chi connectivity index (χ2v) is 6.99. The van der Waals surface area contributed by atoms with Crippen LogP contribution in [0.5, 0.6) is 11.5 Å². The summed E-state index contributed by atoms with van der Waals surface area (Å²) in [4.78, 5) is 25.4. The van der Waals surface area contributed by atoms with Crippen LogP contribution in [0.3, 0.4) is 0 Å². The smallest absolute Gasteiger partial charge is 0.343 e. The first kappa shape index (κ1) is 15.9. The fourth-order valence-corrected chi connectivity index (χ4v) is 3.92. The lowest BCUT2D eigenvalue weighted by Crippen LogP contribution is -2.23. The normalized spacial score (nSPS) is 13.4. The number of rotatable bonds is 0. The van der Waals surface area contributed by atoms with Gasteiger partial charge in [0.2, 0.25) is 0 Å². The van der Waals surface area contributed by atoms with E-state index in [9.17, 15) is 9.59 Å². The lowest BCUT2D eigenvalue weighted by atomic mass is 9.89. The van der Waals surface area contributed by atoms with Crippen molar-refractivity contribution in [2.24, 2.45) is 0 Å². The van der Waals surface area contributed by atoms with Crippen molar-refractivity contribution in [3.05, 3.63) is 79.5 Å². The summed E-state index contributed by atoms with van der Waals surface area (Å²) in [6.45, 7) is 5.56. The Morgan fingerprint density at radius 3 is 1.63 bits per heavy atom. The van der Waals surface area contributed by atoms with Crippen molar-refractivity contribution in [2.75, 3.05) is 0 Å². The lowest BCUT2D eigenvalue weighted by molar-refractivity contribution is 0.424. The van der Waals surface area contributed by atoms with E-state index >= 15 is 0 Å². The molecule has 0 amide bonds. The quantitative estimate of drug-likeness (QED) is 0.422. The summed E-state index contributed by atoms with van der Waals surface area (Å²) in [5, 5.41) is 1.44. The lowest BCUT2D eigenvalue weighted by Gasteiger charge is -2.25. The molecule has 0 radical (unpaired) electrons. The third kappa shape index (κ3) is 2.05. The summed E-state index contributed by atoms with van der Waals surface area (Å²) in [5.41, 5.74) is 2.41. The molecule has 27 heavy (non-hydrogen) atoms. The van der Waals surface area contributed by atoms with Crippen LogP contribution >= 0.6 is 0 Å². The van der Waals surface area contributed by atoms with E-state index in [0.717, 1.165) is 21.9 Å². The number of hydrogen-bond acceptors (Lipinski definition) is 5. The average molecular weight is 360 g/mol. The van der Waals surface area contributed by atoms with Crippen molar-refractivity contribution in [2.45, 2.75) is 26.7 Å². The molecule has 0 atom stereocenters. The molecule has 1 aliphatic rings. The third-order valence-electron chi connectivity index (χ3n) is 5.30. The van der Waals surface area contributed by atoms with Gasteiger partial charge in [0, 0.05) is 5.92 Å². The van der Waals surface area contributed by atoms with Crippen LogP contribution in [0.4, 0.5) is 0 Å². The molecule has 3 heterocycles. The largest absolute Gasteiger partial charge is 0.455 e. The van der Waals surface area contributed by atoms with Crippen molar-refractivity contribution in [3.8, 4) is 11.5 Å². The minimum atomic E-state index is -0.494. The van der Waals surface area contributed by atoms with E-state index in [0.29, 0.717) is 33.8 Å². The fourth-order valence-electron chi connectivity index (χ4n) is 3.92. The molecular formula is C22H16O5. The summed E-state index contributed by atoms with van der Waals surface area (Å²) in [6.07, 6.45) is 0. The highest BCUT2D eigenvalue weighted by Gasteiger charge is 2.34. The summed E-state index contributed by atoms with van der Waals surface area (Å²) >= 11 is 0. The van der Waals surface area contributed by atoms with E-state index in [1.165, 1.54) is 0 Å². The summed E-state index contributed by atoms with van der Waals surface area (Å²) < 4.78 is 17.3. The van der Waals surface area contributed by atoms with Gasteiger partial charge in [0.1, 0.15) is 22.7 Å². The van der Waals surface area contributed by atoms with Crippen LogP contribution in [0.1, 0.15) is 35.1 Å². The van der Waals surface area contributed by atoms with Gasteiger partial charge in [-0.3, -0.25) is 0 Å². The Morgan fingerprint density at radius 2 is 1.19 bits per heavy atom. The van der Waals surface area contributed by atoms with Crippen LogP contribution in [-0.2, 0) is 0 Å². The zero-order valence-corrected chi connectivity index (χ0v) is 15.1. The van der Waals surface area contributed by atoms with Gasteiger partial charge in [0.25, 0.3) is 0 Å². The summed E-state index contributed by atoms with van der Waals surface area (Å²) in [5.74, 6) is 0.419. The number of aryl methyl sites for hydroxylation is 2. The second kappa shape index (κ2) is 5.33. The molecule has 4 aromatic rings. The van der Waals surface area contributed by atoms with Gasteiger partial charge in [-0.1, -0.05) is 31.2 Å². The van der Waals surface area contributed by atoms with E-state index in [4.69, 9.17) is 13.6 Å². The highest BCUT2D eigenvalue weighted by molar-refractivity contribution is 5.92. The van der Waals surface area contributed by atoms with E-state index < -0.39 is 17.2 Å². The topological polar surface area (TPSA) is 69.7 Å². The van der Waals surface area contributed by atoms with Crippen LogP contribution in [0.15, 0.2) is 54.8 Å². The van der Waals surface area contributed by atoms with Gasteiger partial charge >= 0.3 is 11.3 Å². The minimum absolute atomic E-state index is 0.347. The van der Waals surface area contributed by atoms with Gasteiger partial charge < -0.3 is 13.6 Å². The first-order valence-corrected chi connectivity index (χ1v) is 8.78. The molecule has 0 N–H and O–H groups in total. The predicted molar refractivity (Wildman–Crippen MR) is 102 cm³/mol. The van der Waals surface area contributed by atoms with Crippen LogP contribution in [0.2, 0.25) is 0 Å². The number of hydrogen-bond donors (Lipinski definition) is 0. The maximum atomic E-state index is 12.7. The maximum Gasteiger partial charge on any atom is 0.343 e. The standard InChI is InChI=1S/C22H16O5/c1-10-6-4-8-13-17(10)26-21(23)15-12(3)16-20(25-19(13)15)14-9-5-7-11(2)18(14)27-22(16)24/h4-9,12H,1-3H3. The Balaban J connectivity index is 1.94. The molecular weight excluding hydrogens is 344 g/mol. The van der Waals surface area contributed by atoms with Crippen LogP contribution < -0.4 is 16.0 Å². The average Bonchev–Trinajstić information content (AvgIpc) is 2.63. The number of fused-ring (bicyclic) bond motifs is 6. The van der Waals surface area contributed by atoms with Gasteiger partial charge in [0.05, 0.1) is 21.9 Å². The van der Waals surface area contributed by atoms with Gasteiger partial charge in [-0.25, -0.2) is 9.59 Å². The highest BCUT2D eigenvalue weighted by Crippen LogP contribution is 2.47. The minimum Gasteiger partial charge on any atom is -0.455 e. The molecule has 0 spiro atoms. The van der Waals surface area contributed by atoms with Gasteiger partial charge in [-0.05, 0) is 37.1 Å². The number of ether oxygens (including phenoxy) is 1. The van der Waals surface area contributed by atoms with Gasteiger partial charge in [-0.2, -0.15) is 0 Å². The van der Waals surface area contributed by atoms with Crippen molar-refractivity contribution in [1.82, 2.24) is 0 Å². The molecule has 2 aromatic carbocycles. The molecule has 5 rings (SSSR count). The van der Waals surface area contributed by atoms with E-state index in [1.54, 1.807) is 6.92 Å². The van der Waals surface area contributed by atoms with Crippen molar-refractivity contribution < 1.29 is 13.6 Å². The van der Waals surface area contributed by atoms with Crippen molar-refractivity contribution >= 4 is 21.9 Å². The monoisotopic (exact) mass is 360 g/mol. The summed E-state index contributed by atoms with van der Waals surface area (Å²) in [6, 6.07) is 11.3. The van der Waals surface area contributed by atoms with Crippen LogP contribution in [0, 0.1) is 13.8 Å². The first-order chi connectivity index (χ1) is 13.0. The maximum absolute atomic E-state index is 12.7. The Kier molecular flexibility index (Phi) is 3.13. The molecule has 0 fully saturated rings. The highest BCUT2D eigenvalue weighted by atomic mass is 16.5. The van der Waals surface area contributed by atoms with Crippen molar-refractivity contribution in [3.63, 3.8) is 0 Å². The molecule has 5 heteroatoms. The molecule has 5 nitrogen and oxygen atoms in total. The van der Waals surface area contributed by atoms with Crippen LogP contribution in [-0.4, -0.2) is 0 Å². The van der Waals surface area contributed by atoms with E-state index in [2.05, 4.69) is 0 Å². The first-order valence-electron chi connectivity index (χ1n) is 8.78. The van der Waals surface area contributed by atoms with E-state index in [1.807, 2.05) is 50.2 Å². The Labute approximate surface area is 153 Å². The predicted octanol–water partition coefficient (Wildman–Crippen LogP) is 4.77. The second-order valence-electron chi connectivity index (χ2n) is 6.99. The summed E-state index contributed by atoms with van der Waals surface area (Å²) in [7, 11) is 0. The fraction of sp³-hybridized carbons (Fsp3) is 0.182. The van der Waals surface area contributed by atoms with Crippen LogP contribution in [0.25, 0.3) is 21.9 Å². The molecule has 0 saturated heterocycles. The Hall–Kier alpha value is -3.34. The third-order valence-corrected chi connectivity index (χ3v) is 5.30. The molecule has 0 saturated carbocycles. The molecule has 0 unspecified atom stereocenters. The van der Waals surface area contributed by atoms with Gasteiger partial charge in [-0.15, -0.1) is 0 Å². The molecule has 2 aromatic heterocycles. The number of benzene rings is 2. The number of para-hydroxylation sites is 2. The molecule has 0 bridgehead atoms. The van der Waals surface area contributed by atoms with E-state index in [-0.39, 0.29) is 0 Å². The van der Waals surface area contributed by atoms with Crippen molar-refractivity contribution in [1.29, 1.82) is 0 Å². The Morgan fingerprint density at radius 1 is 0.741 bits per heavy atom. The molecule has 0 aliphatic carbocycles. The SMILES string of the molecule is Cc1cccc2c3c(c(=O)oc12)C(C)c1c(c2cccc(C)c2oc1=O)O3. The molecule has 134 valence electrons. The zero-order chi connectivity index (χ0) is 18.9. The Bertz CT molecular complexity index is 1270.